The lowest BCUT2D eigenvalue weighted by Gasteiger charge is -2.32. The number of carbonyl (C=O) groups is 1. The van der Waals surface area contributed by atoms with Crippen LogP contribution in [0.25, 0.3) is 0 Å². The summed E-state index contributed by atoms with van der Waals surface area (Å²) in [5.41, 5.74) is 5.05. The third-order valence-corrected chi connectivity index (χ3v) is 6.00. The summed E-state index contributed by atoms with van der Waals surface area (Å²) in [5, 5.41) is 7.30. The van der Waals surface area contributed by atoms with E-state index in [4.69, 9.17) is 23.2 Å². The van der Waals surface area contributed by atoms with Crippen LogP contribution in [-0.2, 0) is 11.2 Å². The molecular formula is C21H24Cl2N2O. The fourth-order valence-electron chi connectivity index (χ4n) is 3.80. The van der Waals surface area contributed by atoms with Gasteiger partial charge >= 0.3 is 0 Å². The first-order valence-electron chi connectivity index (χ1n) is 8.99. The Hall–Kier alpha value is -1.55. The number of benzene rings is 2. The van der Waals surface area contributed by atoms with Gasteiger partial charge in [0.05, 0.1) is 10.0 Å². The van der Waals surface area contributed by atoms with Crippen LogP contribution in [0.2, 0.25) is 10.0 Å². The molecule has 1 amide bonds. The molecule has 1 aliphatic rings. The first-order chi connectivity index (χ1) is 12.5. The van der Waals surface area contributed by atoms with E-state index in [2.05, 4.69) is 34.9 Å². The molecule has 0 aromatic heterocycles. The Kier molecular flexibility index (Phi) is 6.23. The number of amides is 1. The Balaban J connectivity index is 1.93. The smallest absolute Gasteiger partial charge is 0.220 e. The Morgan fingerprint density at radius 2 is 1.85 bits per heavy atom. The molecule has 0 saturated carbocycles. The number of aryl methyl sites for hydroxylation is 1. The van der Waals surface area contributed by atoms with Gasteiger partial charge in [-0.2, -0.15) is 0 Å². The molecule has 138 valence electrons. The highest BCUT2D eigenvalue weighted by atomic mass is 35.5. The largest absolute Gasteiger partial charge is 0.359 e. The van der Waals surface area contributed by atoms with Crippen molar-refractivity contribution in [2.45, 2.75) is 37.6 Å². The van der Waals surface area contributed by atoms with Crippen LogP contribution < -0.4 is 10.6 Å². The third kappa shape index (κ3) is 4.06. The molecule has 1 unspecified atom stereocenters. The summed E-state index contributed by atoms with van der Waals surface area (Å²) < 4.78 is 0. The number of hydrogen-bond acceptors (Lipinski definition) is 2. The number of nitrogens with one attached hydrogen (secondary N) is 2. The van der Waals surface area contributed by atoms with Gasteiger partial charge in [0.15, 0.2) is 0 Å². The summed E-state index contributed by atoms with van der Waals surface area (Å²) in [5.74, 6) is 0.388. The highest BCUT2D eigenvalue weighted by Crippen LogP contribution is 2.42. The summed E-state index contributed by atoms with van der Waals surface area (Å²) in [7, 11) is 3.68. The molecule has 1 aliphatic carbocycles. The van der Waals surface area contributed by atoms with Crippen molar-refractivity contribution in [3.05, 3.63) is 68.7 Å². The van der Waals surface area contributed by atoms with E-state index < -0.39 is 0 Å². The lowest BCUT2D eigenvalue weighted by Crippen LogP contribution is -2.24. The summed E-state index contributed by atoms with van der Waals surface area (Å²) in [6.45, 7) is 0. The Morgan fingerprint density at radius 3 is 2.54 bits per heavy atom. The number of carbonyl (C=O) groups excluding carboxylic acids is 1. The fourth-order valence-corrected chi connectivity index (χ4v) is 4.11. The Morgan fingerprint density at radius 1 is 1.04 bits per heavy atom. The van der Waals surface area contributed by atoms with Crippen LogP contribution in [0, 0.1) is 0 Å². The van der Waals surface area contributed by atoms with Gasteiger partial charge in [-0.3, -0.25) is 4.79 Å². The zero-order chi connectivity index (χ0) is 18.7. The van der Waals surface area contributed by atoms with Crippen molar-refractivity contribution in [1.29, 1.82) is 0 Å². The maximum absolute atomic E-state index is 11.5. The first kappa shape index (κ1) is 19.2. The molecule has 0 heterocycles. The molecule has 0 spiro atoms. The van der Waals surface area contributed by atoms with Gasteiger partial charge in [0.1, 0.15) is 0 Å². The predicted molar refractivity (Wildman–Crippen MR) is 108 cm³/mol. The zero-order valence-electron chi connectivity index (χ0n) is 15.1. The van der Waals surface area contributed by atoms with Gasteiger partial charge < -0.3 is 10.6 Å². The van der Waals surface area contributed by atoms with Crippen LogP contribution in [0.5, 0.6) is 0 Å². The van der Waals surface area contributed by atoms with Gasteiger partial charge in [0.2, 0.25) is 5.91 Å². The lowest BCUT2D eigenvalue weighted by atomic mass is 9.76. The average Bonchev–Trinajstić information content (AvgIpc) is 2.67. The second kappa shape index (κ2) is 8.43. The number of halogens is 2. The Labute approximate surface area is 165 Å². The number of hydrogen-bond donors (Lipinski definition) is 2. The van der Waals surface area contributed by atoms with Crippen molar-refractivity contribution in [3.8, 4) is 0 Å². The molecule has 0 radical (unpaired) electrons. The highest BCUT2D eigenvalue weighted by molar-refractivity contribution is 6.42. The Bertz CT molecular complexity index is 807. The van der Waals surface area contributed by atoms with Gasteiger partial charge in [-0.15, -0.1) is 0 Å². The van der Waals surface area contributed by atoms with Crippen LogP contribution in [0.3, 0.4) is 0 Å². The van der Waals surface area contributed by atoms with E-state index in [1.165, 1.54) is 22.3 Å². The summed E-state index contributed by atoms with van der Waals surface area (Å²) in [6, 6.07) is 12.9. The van der Waals surface area contributed by atoms with Crippen molar-refractivity contribution in [2.75, 3.05) is 14.1 Å². The molecule has 2 aromatic rings. The van der Waals surface area contributed by atoms with Gasteiger partial charge in [-0.1, -0.05) is 47.5 Å². The number of rotatable bonds is 5. The van der Waals surface area contributed by atoms with Crippen LogP contribution in [0.4, 0.5) is 0 Å². The third-order valence-electron chi connectivity index (χ3n) is 5.26. The van der Waals surface area contributed by atoms with Crippen LogP contribution in [-0.4, -0.2) is 20.0 Å². The summed E-state index contributed by atoms with van der Waals surface area (Å²) in [4.78, 5) is 11.5. The van der Waals surface area contributed by atoms with Crippen molar-refractivity contribution in [1.82, 2.24) is 10.6 Å². The molecule has 0 bridgehead atoms. The highest BCUT2D eigenvalue weighted by Gasteiger charge is 2.28. The van der Waals surface area contributed by atoms with Crippen molar-refractivity contribution >= 4 is 29.1 Å². The second-order valence-corrected chi connectivity index (χ2v) is 7.60. The minimum absolute atomic E-state index is 0.0709. The van der Waals surface area contributed by atoms with E-state index in [1.54, 1.807) is 7.05 Å². The van der Waals surface area contributed by atoms with Crippen LogP contribution in [0.15, 0.2) is 36.4 Å². The van der Waals surface area contributed by atoms with Gasteiger partial charge in [0.25, 0.3) is 0 Å². The molecule has 5 heteroatoms. The fraction of sp³-hybridized carbons (Fsp3) is 0.381. The summed E-state index contributed by atoms with van der Waals surface area (Å²) >= 11 is 12.3. The zero-order valence-corrected chi connectivity index (χ0v) is 16.6. The van der Waals surface area contributed by atoms with Gasteiger partial charge in [-0.25, -0.2) is 0 Å². The molecule has 26 heavy (non-hydrogen) atoms. The molecular weight excluding hydrogens is 367 g/mol. The molecule has 0 saturated heterocycles. The van der Waals surface area contributed by atoms with Crippen LogP contribution in [0.1, 0.15) is 53.5 Å². The minimum Gasteiger partial charge on any atom is -0.359 e. The predicted octanol–water partition coefficient (Wildman–Crippen LogP) is 4.86. The second-order valence-electron chi connectivity index (χ2n) is 6.78. The standard InChI is InChI=1S/C21H24Cl2N2O/c1-24-20-9-7-15(14-5-8-18(22)19(23)12-14)16-6-3-13(11-17(16)20)4-10-21(26)25-2/h3,5-6,8,11-12,15,20,24H,4,7,9-10H2,1-2H3,(H,25,26)/t15?,20-/m0/s1. The quantitative estimate of drug-likeness (QED) is 0.765. The van der Waals surface area contributed by atoms with Gasteiger partial charge in [0, 0.05) is 25.4 Å². The molecule has 0 fully saturated rings. The molecule has 3 nitrogen and oxygen atoms in total. The normalized spacial score (nSPS) is 19.1. The van der Waals surface area contributed by atoms with Crippen molar-refractivity contribution in [3.63, 3.8) is 0 Å². The first-order valence-corrected chi connectivity index (χ1v) is 9.74. The topological polar surface area (TPSA) is 41.1 Å². The van der Waals surface area contributed by atoms with E-state index in [0.717, 1.165) is 19.3 Å². The SMILES string of the molecule is CNC(=O)CCc1ccc2c(c1)[C@@H](NC)CCC2c1ccc(Cl)c(Cl)c1. The van der Waals surface area contributed by atoms with E-state index >= 15 is 0 Å². The number of fused-ring (bicyclic) bond motifs is 1. The van der Waals surface area contributed by atoms with E-state index in [-0.39, 0.29) is 5.91 Å². The van der Waals surface area contributed by atoms with Crippen molar-refractivity contribution < 1.29 is 4.79 Å². The molecule has 2 atom stereocenters. The van der Waals surface area contributed by atoms with Gasteiger partial charge in [-0.05, 0) is 60.7 Å². The molecule has 3 rings (SSSR count). The van der Waals surface area contributed by atoms with E-state index in [9.17, 15) is 4.79 Å². The molecule has 0 aliphatic heterocycles. The van der Waals surface area contributed by atoms with Crippen LogP contribution >= 0.6 is 23.2 Å². The monoisotopic (exact) mass is 390 g/mol. The van der Waals surface area contributed by atoms with E-state index in [1.807, 2.05) is 19.2 Å². The maximum atomic E-state index is 11.5. The molecule has 2 N–H and O–H groups in total. The minimum atomic E-state index is 0.0709. The maximum Gasteiger partial charge on any atom is 0.220 e. The van der Waals surface area contributed by atoms with E-state index in [0.29, 0.717) is 28.4 Å². The molecule has 2 aromatic carbocycles. The lowest BCUT2D eigenvalue weighted by molar-refractivity contribution is -0.120. The average molecular weight is 391 g/mol. The summed E-state index contributed by atoms with van der Waals surface area (Å²) in [6.07, 6.45) is 3.39. The van der Waals surface area contributed by atoms with Crippen molar-refractivity contribution in [2.24, 2.45) is 0 Å².